The van der Waals surface area contributed by atoms with Crippen LogP contribution >= 0.6 is 0 Å². The molecule has 4 heteroatoms. The average molecular weight is 525 g/mol. The van der Waals surface area contributed by atoms with Crippen LogP contribution in [0.4, 0.5) is 0 Å². The van der Waals surface area contributed by atoms with Gasteiger partial charge in [-0.25, -0.2) is 9.97 Å². The van der Waals surface area contributed by atoms with Crippen molar-refractivity contribution in [2.24, 2.45) is 0 Å². The summed E-state index contributed by atoms with van der Waals surface area (Å²) in [5, 5.41) is 4.89. The van der Waals surface area contributed by atoms with Gasteiger partial charge < -0.3 is 4.40 Å². The zero-order valence-electron chi connectivity index (χ0n) is 22.1. The molecule has 0 amide bonds. The van der Waals surface area contributed by atoms with E-state index in [1.807, 2.05) is 16.8 Å². The summed E-state index contributed by atoms with van der Waals surface area (Å²) in [6.45, 7) is 0. The van der Waals surface area contributed by atoms with Crippen molar-refractivity contribution in [3.05, 3.63) is 146 Å². The minimum absolute atomic E-state index is 0.830. The maximum atomic E-state index is 5.18. The highest BCUT2D eigenvalue weighted by molar-refractivity contribution is 5.90. The van der Waals surface area contributed by atoms with Gasteiger partial charge in [0.05, 0.1) is 23.3 Å². The van der Waals surface area contributed by atoms with E-state index < -0.39 is 0 Å². The van der Waals surface area contributed by atoms with Gasteiger partial charge in [-0.2, -0.15) is 0 Å². The molecule has 0 bridgehead atoms. The van der Waals surface area contributed by atoms with Crippen molar-refractivity contribution < 1.29 is 0 Å². The monoisotopic (exact) mass is 524 g/mol. The largest absolute Gasteiger partial charge is 0.304 e. The molecule has 0 aliphatic carbocycles. The molecule has 0 saturated carbocycles. The molecule has 192 valence electrons. The van der Waals surface area contributed by atoms with Crippen molar-refractivity contribution in [1.82, 2.24) is 19.4 Å². The number of fused-ring (bicyclic) bond motifs is 3. The van der Waals surface area contributed by atoms with E-state index in [0.717, 1.165) is 45.0 Å². The second-order valence-corrected chi connectivity index (χ2v) is 10.3. The van der Waals surface area contributed by atoms with Crippen LogP contribution in [0.2, 0.25) is 0 Å². The molecule has 0 aliphatic heterocycles. The lowest BCUT2D eigenvalue weighted by Crippen LogP contribution is -1.92. The van der Waals surface area contributed by atoms with Crippen molar-refractivity contribution >= 4 is 27.2 Å². The van der Waals surface area contributed by atoms with Crippen molar-refractivity contribution in [1.29, 1.82) is 0 Å². The summed E-state index contributed by atoms with van der Waals surface area (Å²) >= 11 is 0. The lowest BCUT2D eigenvalue weighted by atomic mass is 9.97. The number of hydrogen-bond acceptors (Lipinski definition) is 3. The summed E-state index contributed by atoms with van der Waals surface area (Å²) in [5.41, 5.74) is 9.16. The van der Waals surface area contributed by atoms with Crippen molar-refractivity contribution in [2.45, 2.75) is 0 Å². The number of hydrogen-bond donors (Lipinski definition) is 0. The van der Waals surface area contributed by atoms with Gasteiger partial charge in [-0.1, -0.05) is 97.1 Å². The Kier molecular flexibility index (Phi) is 5.42. The van der Waals surface area contributed by atoms with Gasteiger partial charge in [-0.3, -0.25) is 4.98 Å². The minimum Gasteiger partial charge on any atom is -0.304 e. The van der Waals surface area contributed by atoms with Crippen LogP contribution in [0.5, 0.6) is 0 Å². The van der Waals surface area contributed by atoms with Crippen LogP contribution in [0.3, 0.4) is 0 Å². The van der Waals surface area contributed by atoms with Crippen molar-refractivity contribution in [3.8, 4) is 44.9 Å². The molecular weight excluding hydrogens is 500 g/mol. The molecule has 4 nitrogen and oxygen atoms in total. The topological polar surface area (TPSA) is 43.1 Å². The number of pyridine rings is 1. The van der Waals surface area contributed by atoms with Gasteiger partial charge in [0, 0.05) is 35.3 Å². The molecule has 3 heterocycles. The van der Waals surface area contributed by atoms with Crippen LogP contribution in [0.25, 0.3) is 72.1 Å². The Morgan fingerprint density at radius 3 is 1.68 bits per heavy atom. The third-order valence-corrected chi connectivity index (χ3v) is 7.69. The van der Waals surface area contributed by atoms with Crippen LogP contribution in [-0.2, 0) is 0 Å². The smallest absolute Gasteiger partial charge is 0.155 e. The molecule has 0 unspecified atom stereocenters. The number of imidazole rings is 1. The van der Waals surface area contributed by atoms with E-state index in [1.165, 1.54) is 27.1 Å². The van der Waals surface area contributed by atoms with Crippen LogP contribution in [-0.4, -0.2) is 19.4 Å². The zero-order chi connectivity index (χ0) is 27.2. The average Bonchev–Trinajstić information content (AvgIpc) is 3.49. The van der Waals surface area contributed by atoms with Crippen LogP contribution < -0.4 is 0 Å². The summed E-state index contributed by atoms with van der Waals surface area (Å²) in [6.07, 6.45) is 7.48. The number of nitrogens with zero attached hydrogens (tertiary/aromatic N) is 4. The molecule has 0 N–H and O–H groups in total. The molecule has 5 aromatic carbocycles. The van der Waals surface area contributed by atoms with E-state index in [9.17, 15) is 0 Å². The molecule has 0 radical (unpaired) electrons. The third kappa shape index (κ3) is 4.32. The zero-order valence-corrected chi connectivity index (χ0v) is 22.1. The predicted octanol–water partition coefficient (Wildman–Crippen LogP) is 9.10. The number of rotatable bonds is 4. The first-order valence-electron chi connectivity index (χ1n) is 13.7. The van der Waals surface area contributed by atoms with E-state index in [-0.39, 0.29) is 0 Å². The maximum Gasteiger partial charge on any atom is 0.155 e. The standard InChI is InChI=1S/C37H24N4/c1-3-7-29-19-31(15-9-25(29)5-1)33-21-34(39-35(22-33)32-16-10-26-6-2-4-8-30(26)20-32)27-11-13-28(14-12-27)36-24-41-18-17-38-23-37(41)40-36/h1-24H. The molecule has 8 rings (SSSR count). The Morgan fingerprint density at radius 1 is 0.439 bits per heavy atom. The van der Waals surface area contributed by atoms with Crippen molar-refractivity contribution in [2.75, 3.05) is 0 Å². The van der Waals surface area contributed by atoms with E-state index >= 15 is 0 Å². The molecule has 3 aromatic heterocycles. The quantitative estimate of drug-likeness (QED) is 0.231. The van der Waals surface area contributed by atoms with Crippen LogP contribution in [0.15, 0.2) is 146 Å². The Bertz CT molecular complexity index is 2080. The molecular formula is C37H24N4. The first-order chi connectivity index (χ1) is 20.3. The fourth-order valence-electron chi connectivity index (χ4n) is 5.50. The maximum absolute atomic E-state index is 5.18. The first kappa shape index (κ1) is 23.3. The molecule has 8 aromatic rings. The van der Waals surface area contributed by atoms with Gasteiger partial charge in [0.25, 0.3) is 0 Å². The van der Waals surface area contributed by atoms with E-state index in [4.69, 9.17) is 9.97 Å². The highest BCUT2D eigenvalue weighted by Crippen LogP contribution is 2.33. The van der Waals surface area contributed by atoms with Gasteiger partial charge >= 0.3 is 0 Å². The lowest BCUT2D eigenvalue weighted by Gasteiger charge is -2.12. The van der Waals surface area contributed by atoms with Gasteiger partial charge in [0.2, 0.25) is 0 Å². The molecule has 0 fully saturated rings. The van der Waals surface area contributed by atoms with Crippen LogP contribution in [0, 0.1) is 0 Å². The summed E-state index contributed by atoms with van der Waals surface area (Å²) in [7, 11) is 0. The Labute approximate surface area is 237 Å². The van der Waals surface area contributed by atoms with Crippen molar-refractivity contribution in [3.63, 3.8) is 0 Å². The highest BCUT2D eigenvalue weighted by atomic mass is 15.0. The van der Waals surface area contributed by atoms with Gasteiger partial charge in [-0.05, 0) is 56.9 Å². The summed E-state index contributed by atoms with van der Waals surface area (Å²) in [6, 6.07) is 43.1. The highest BCUT2D eigenvalue weighted by Gasteiger charge is 2.12. The van der Waals surface area contributed by atoms with Gasteiger partial charge in [0.15, 0.2) is 5.65 Å². The lowest BCUT2D eigenvalue weighted by molar-refractivity contribution is 1.13. The number of aromatic nitrogens is 4. The SMILES string of the molecule is c1ccc2cc(-c3cc(-c4ccc(-c5cn6ccncc6n5)cc4)nc(-c4ccc5ccccc5c4)c3)ccc2c1. The summed E-state index contributed by atoms with van der Waals surface area (Å²) in [5.74, 6) is 0. The third-order valence-electron chi connectivity index (χ3n) is 7.69. The molecule has 0 atom stereocenters. The minimum atomic E-state index is 0.830. The van der Waals surface area contributed by atoms with E-state index in [2.05, 4.69) is 126 Å². The Balaban J connectivity index is 1.25. The molecule has 0 saturated heterocycles. The van der Waals surface area contributed by atoms with E-state index in [0.29, 0.717) is 0 Å². The Hall–Kier alpha value is -5.61. The molecule has 0 spiro atoms. The number of benzene rings is 5. The molecule has 0 aliphatic rings. The summed E-state index contributed by atoms with van der Waals surface area (Å²) in [4.78, 5) is 14.1. The summed E-state index contributed by atoms with van der Waals surface area (Å²) < 4.78 is 1.99. The van der Waals surface area contributed by atoms with Gasteiger partial charge in [-0.15, -0.1) is 0 Å². The second-order valence-electron chi connectivity index (χ2n) is 10.3. The Morgan fingerprint density at radius 2 is 1.00 bits per heavy atom. The fraction of sp³-hybridized carbons (Fsp3) is 0. The van der Waals surface area contributed by atoms with Gasteiger partial charge in [0.1, 0.15) is 0 Å². The van der Waals surface area contributed by atoms with E-state index in [1.54, 1.807) is 12.4 Å². The second kappa shape index (κ2) is 9.54. The predicted molar refractivity (Wildman–Crippen MR) is 168 cm³/mol. The first-order valence-corrected chi connectivity index (χ1v) is 13.7. The molecule has 41 heavy (non-hydrogen) atoms. The van der Waals surface area contributed by atoms with Crippen LogP contribution in [0.1, 0.15) is 0 Å². The normalized spacial score (nSPS) is 11.4. The fourth-order valence-corrected chi connectivity index (χ4v) is 5.50.